The topological polar surface area (TPSA) is 71.1 Å². The molecule has 0 N–H and O–H groups in total. The molecular weight excluding hydrogens is 649 g/mol. The molecule has 48 heavy (non-hydrogen) atoms. The number of carbonyl (C=O) groups excluding carboxylic acids is 2. The third-order valence-corrected chi connectivity index (χ3v) is 25.9. The first-order valence-corrected chi connectivity index (χ1v) is 27.4. The maximum absolute atomic E-state index is 14.8. The summed E-state index contributed by atoms with van der Waals surface area (Å²) in [5, 5.41) is -0.0492. The number of cyclic esters (lactones) is 1. The van der Waals surface area contributed by atoms with Crippen LogP contribution in [-0.2, 0) is 27.6 Å². The van der Waals surface area contributed by atoms with E-state index >= 15 is 0 Å². The number of Topliss-reactive ketones (excluding diaryl/α,β-unsaturated/α-hetero) is 1. The van der Waals surface area contributed by atoms with Crippen LogP contribution in [0.2, 0.25) is 54.4 Å². The summed E-state index contributed by atoms with van der Waals surface area (Å²) >= 11 is 0. The van der Waals surface area contributed by atoms with E-state index in [4.69, 9.17) is 18.0 Å². The Morgan fingerprint density at radius 3 is 1.75 bits per heavy atom. The van der Waals surface area contributed by atoms with E-state index in [1.807, 2.05) is 27.7 Å². The van der Waals surface area contributed by atoms with E-state index < -0.39 is 42.6 Å². The molecule has 9 heteroatoms. The fourth-order valence-corrected chi connectivity index (χ4v) is 9.94. The molecule has 0 fully saturated rings. The first-order chi connectivity index (χ1) is 21.3. The zero-order chi connectivity index (χ0) is 37.9. The van der Waals surface area contributed by atoms with Gasteiger partial charge in [0.25, 0.3) is 0 Å². The lowest BCUT2D eigenvalue weighted by atomic mass is 9.73. The molecule has 1 rings (SSSR count). The molecule has 1 unspecified atom stereocenters. The maximum atomic E-state index is 14.8. The molecule has 0 aromatic carbocycles. The Morgan fingerprint density at radius 2 is 1.27 bits per heavy atom. The number of hydrogen-bond donors (Lipinski definition) is 0. The summed E-state index contributed by atoms with van der Waals surface area (Å²) in [5.41, 5.74) is -0.946. The zero-order valence-electron chi connectivity index (χ0n) is 35.1. The third kappa shape index (κ3) is 12.0. The van der Waals surface area contributed by atoms with E-state index in [0.717, 1.165) is 19.3 Å². The average molecular weight is 727 g/mol. The average Bonchev–Trinajstić information content (AvgIpc) is 2.88. The number of esters is 1. The number of rotatable bonds is 7. The highest BCUT2D eigenvalue weighted by atomic mass is 28.4. The van der Waals surface area contributed by atoms with Crippen LogP contribution in [-0.4, -0.2) is 61.1 Å². The van der Waals surface area contributed by atoms with Crippen LogP contribution in [0.5, 0.6) is 0 Å². The fraction of sp³-hybridized carbons (Fsp3) is 0.897. The molecule has 0 bridgehead atoms. The van der Waals surface area contributed by atoms with Crippen LogP contribution in [0, 0.1) is 17.3 Å². The second kappa shape index (κ2) is 16.4. The van der Waals surface area contributed by atoms with Crippen molar-refractivity contribution < 1.29 is 27.6 Å². The highest BCUT2D eigenvalue weighted by Crippen LogP contribution is 2.44. The number of carbonyl (C=O) groups is 2. The lowest BCUT2D eigenvalue weighted by Crippen LogP contribution is -2.54. The Balaban J connectivity index is 3.72. The van der Waals surface area contributed by atoms with Crippen LogP contribution in [0.4, 0.5) is 0 Å². The lowest BCUT2D eigenvalue weighted by molar-refractivity contribution is -0.158. The lowest BCUT2D eigenvalue weighted by Gasteiger charge is -2.46. The highest BCUT2D eigenvalue weighted by molar-refractivity contribution is 6.75. The summed E-state index contributed by atoms with van der Waals surface area (Å²) < 4.78 is 27.2. The minimum atomic E-state index is -2.39. The minimum absolute atomic E-state index is 0.00824. The molecule has 0 aromatic rings. The largest absolute Gasteiger partial charge is 0.459 e. The van der Waals surface area contributed by atoms with Crippen molar-refractivity contribution in [2.24, 2.45) is 17.3 Å². The quantitative estimate of drug-likeness (QED) is 0.148. The van der Waals surface area contributed by atoms with Gasteiger partial charge in [-0.2, -0.15) is 0 Å². The maximum Gasteiger partial charge on any atom is 0.308 e. The van der Waals surface area contributed by atoms with Crippen molar-refractivity contribution in [1.82, 2.24) is 0 Å². The second-order valence-corrected chi connectivity index (χ2v) is 34.3. The Labute approximate surface area is 300 Å². The second-order valence-electron chi connectivity index (χ2n) is 20.0. The summed E-state index contributed by atoms with van der Waals surface area (Å²) in [6, 6.07) is 0. The Hall–Kier alpha value is -0.589. The van der Waals surface area contributed by atoms with Gasteiger partial charge in [-0.05, 0) is 86.5 Å². The van der Waals surface area contributed by atoms with Crippen molar-refractivity contribution in [2.45, 2.75) is 208 Å². The molecule has 1 heterocycles. The molecular formula is C39H78O6Si3. The smallest absolute Gasteiger partial charge is 0.308 e. The third-order valence-electron chi connectivity index (χ3n) is 12.4. The number of ether oxygens (including phenoxy) is 1. The summed E-state index contributed by atoms with van der Waals surface area (Å²) in [5.74, 6) is -0.413. The molecule has 0 amide bonds. The van der Waals surface area contributed by atoms with E-state index in [1.54, 1.807) is 0 Å². The van der Waals surface area contributed by atoms with Crippen molar-refractivity contribution in [3.63, 3.8) is 0 Å². The first kappa shape index (κ1) is 45.4. The van der Waals surface area contributed by atoms with Crippen molar-refractivity contribution in [1.29, 1.82) is 0 Å². The molecule has 0 saturated heterocycles. The highest BCUT2D eigenvalue weighted by Gasteiger charge is 2.50. The number of ketones is 1. The molecule has 1 aliphatic heterocycles. The minimum Gasteiger partial charge on any atom is -0.459 e. The Bertz CT molecular complexity index is 1090. The zero-order valence-corrected chi connectivity index (χ0v) is 38.1. The molecule has 282 valence electrons. The van der Waals surface area contributed by atoms with Crippen LogP contribution in [0.25, 0.3) is 0 Å². The number of hydrogen-bond acceptors (Lipinski definition) is 6. The van der Waals surface area contributed by atoms with Crippen molar-refractivity contribution >= 4 is 36.7 Å². The van der Waals surface area contributed by atoms with E-state index in [2.05, 4.69) is 121 Å². The summed E-state index contributed by atoms with van der Waals surface area (Å²) in [7, 11) is -6.68. The van der Waals surface area contributed by atoms with Gasteiger partial charge in [-0.15, -0.1) is 0 Å². The van der Waals surface area contributed by atoms with Gasteiger partial charge in [0.15, 0.2) is 25.0 Å². The van der Waals surface area contributed by atoms with Gasteiger partial charge in [0.2, 0.25) is 0 Å². The van der Waals surface area contributed by atoms with Gasteiger partial charge in [-0.3, -0.25) is 9.59 Å². The predicted molar refractivity (Wildman–Crippen MR) is 211 cm³/mol. The summed E-state index contributed by atoms with van der Waals surface area (Å²) in [6.07, 6.45) is 6.31. The van der Waals surface area contributed by atoms with Gasteiger partial charge in [0.05, 0.1) is 24.7 Å². The fourth-order valence-electron chi connectivity index (χ4n) is 5.59. The van der Waals surface area contributed by atoms with Crippen LogP contribution in [0.3, 0.4) is 0 Å². The standard InChI is InChI=1S/C39H78O6Si3/c1-28-25-23-21-22-24-26-31(30(3)43-46(15,16)36(4,5)6)42-33(40)27-32(44-47(17,18)37(7,8)9)39(13,14)35(41)29(2)34(28)45-48(19,20)38(10,11)12/h22,24,28-32,34H,21,23,25-27H2,1-20H3/b24-22-/t28-,29+,30?,31+,32-,34-/m1/s1. The molecule has 0 saturated carbocycles. The van der Waals surface area contributed by atoms with Gasteiger partial charge in [0, 0.05) is 17.8 Å². The molecule has 6 atom stereocenters. The normalized spacial score (nSPS) is 28.1. The molecule has 0 aromatic heterocycles. The monoisotopic (exact) mass is 727 g/mol. The van der Waals surface area contributed by atoms with Crippen molar-refractivity contribution in [2.75, 3.05) is 0 Å². The van der Waals surface area contributed by atoms with E-state index in [1.165, 1.54) is 0 Å². The number of allylic oxidation sites excluding steroid dienone is 1. The molecule has 0 aliphatic carbocycles. The van der Waals surface area contributed by atoms with Crippen molar-refractivity contribution in [3.05, 3.63) is 12.2 Å². The van der Waals surface area contributed by atoms with Gasteiger partial charge in [-0.1, -0.05) is 102 Å². The van der Waals surface area contributed by atoms with Gasteiger partial charge < -0.3 is 18.0 Å². The molecule has 1 aliphatic rings. The van der Waals surface area contributed by atoms with Gasteiger partial charge >= 0.3 is 5.97 Å². The molecule has 0 radical (unpaired) electrons. The van der Waals surface area contributed by atoms with Crippen LogP contribution in [0.15, 0.2) is 12.2 Å². The molecule has 0 spiro atoms. The summed E-state index contributed by atoms with van der Waals surface area (Å²) in [6.45, 7) is 43.7. The van der Waals surface area contributed by atoms with Gasteiger partial charge in [-0.25, -0.2) is 0 Å². The van der Waals surface area contributed by atoms with E-state index in [-0.39, 0.29) is 57.3 Å². The SMILES string of the molecule is CC(O[Si](C)(C)C(C)(C)C)[C@@H]1C/C=C\CCC[C@@H](C)[C@@H](O[Si](C)(C)C(C)(C)C)[C@H](C)C(=O)C(C)(C)[C@H](O[Si](C)(C)C(C)(C)C)CC(=O)O1. The van der Waals surface area contributed by atoms with Crippen LogP contribution < -0.4 is 0 Å². The first-order valence-electron chi connectivity index (χ1n) is 18.7. The van der Waals surface area contributed by atoms with Crippen molar-refractivity contribution in [3.8, 4) is 0 Å². The Kier molecular flexibility index (Phi) is 15.5. The van der Waals surface area contributed by atoms with E-state index in [9.17, 15) is 9.59 Å². The van der Waals surface area contributed by atoms with E-state index in [0.29, 0.717) is 6.42 Å². The van der Waals surface area contributed by atoms with Crippen LogP contribution >= 0.6 is 0 Å². The van der Waals surface area contributed by atoms with Gasteiger partial charge in [0.1, 0.15) is 11.9 Å². The summed E-state index contributed by atoms with van der Waals surface area (Å²) in [4.78, 5) is 28.8. The molecule has 6 nitrogen and oxygen atoms in total. The predicted octanol–water partition coefficient (Wildman–Crippen LogP) is 11.5. The van der Waals surface area contributed by atoms with Crippen LogP contribution in [0.1, 0.15) is 129 Å². The Morgan fingerprint density at radius 1 is 0.792 bits per heavy atom.